The van der Waals surface area contributed by atoms with E-state index in [0.29, 0.717) is 18.0 Å². The molecule has 1 aliphatic heterocycles. The second-order valence-corrected chi connectivity index (χ2v) is 6.44. The summed E-state index contributed by atoms with van der Waals surface area (Å²) in [4.78, 5) is 23.2. The highest BCUT2D eigenvalue weighted by molar-refractivity contribution is 6.01. The zero-order chi connectivity index (χ0) is 18.3. The van der Waals surface area contributed by atoms with Crippen LogP contribution in [0.1, 0.15) is 21.7 Å². The highest BCUT2D eigenvalue weighted by Crippen LogP contribution is 2.36. The average molecular weight is 345 g/mol. The number of ether oxygens (including phenoxy) is 1. The van der Waals surface area contributed by atoms with E-state index < -0.39 is 0 Å². The zero-order valence-corrected chi connectivity index (χ0v) is 15.0. The predicted molar refractivity (Wildman–Crippen MR) is 100.0 cm³/mol. The Labute approximate surface area is 152 Å². The molecule has 0 N–H and O–H groups in total. The monoisotopic (exact) mass is 345 g/mol. The molecule has 0 bridgehead atoms. The summed E-state index contributed by atoms with van der Waals surface area (Å²) in [5.41, 5.74) is 6.46. The highest BCUT2D eigenvalue weighted by Gasteiger charge is 2.26. The van der Waals surface area contributed by atoms with Gasteiger partial charge in [0.25, 0.3) is 5.91 Å². The number of amides is 1. The fraction of sp³-hybridized carbons (Fsp3) is 0.190. The van der Waals surface area contributed by atoms with Crippen molar-refractivity contribution in [3.05, 3.63) is 65.7 Å². The van der Waals surface area contributed by atoms with Crippen molar-refractivity contribution in [2.45, 2.75) is 13.5 Å². The van der Waals surface area contributed by atoms with Gasteiger partial charge in [-0.2, -0.15) is 0 Å². The van der Waals surface area contributed by atoms with Gasteiger partial charge >= 0.3 is 0 Å². The first-order valence-electron chi connectivity index (χ1n) is 8.43. The number of carbonyl (C=O) groups excluding carboxylic acids is 1. The molecular weight excluding hydrogens is 326 g/mol. The summed E-state index contributed by atoms with van der Waals surface area (Å²) in [6.45, 7) is 2.54. The minimum atomic E-state index is -0.0852. The Bertz CT molecular complexity index is 1010. The fourth-order valence-electron chi connectivity index (χ4n) is 3.36. The summed E-state index contributed by atoms with van der Waals surface area (Å²) in [6.07, 6.45) is 3.38. The molecule has 0 unspecified atom stereocenters. The molecule has 0 saturated carbocycles. The first kappa shape index (κ1) is 16.3. The Balaban J connectivity index is 1.97. The lowest BCUT2D eigenvalue weighted by Crippen LogP contribution is -2.25. The molecule has 2 aromatic heterocycles. The molecule has 130 valence electrons. The maximum absolute atomic E-state index is 12.7. The van der Waals surface area contributed by atoms with Gasteiger partial charge in [-0.25, -0.2) is 4.98 Å². The van der Waals surface area contributed by atoms with E-state index in [9.17, 15) is 4.79 Å². The summed E-state index contributed by atoms with van der Waals surface area (Å²) < 4.78 is 5.33. The smallest absolute Gasteiger partial charge is 0.273 e. The van der Waals surface area contributed by atoms with Gasteiger partial charge < -0.3 is 9.64 Å². The number of hydrogen-bond donors (Lipinski definition) is 0. The number of rotatable bonds is 2. The molecule has 1 aromatic carbocycles. The number of pyridine rings is 2. The third-order valence-corrected chi connectivity index (χ3v) is 4.77. The Hall–Kier alpha value is -3.21. The third kappa shape index (κ3) is 2.62. The van der Waals surface area contributed by atoms with Gasteiger partial charge in [0.2, 0.25) is 0 Å². The lowest BCUT2D eigenvalue weighted by molar-refractivity contribution is 0.0783. The normalized spacial score (nSPS) is 13.0. The number of benzene rings is 1. The minimum Gasteiger partial charge on any atom is -0.495 e. The van der Waals surface area contributed by atoms with Crippen LogP contribution in [-0.2, 0) is 6.54 Å². The third-order valence-electron chi connectivity index (χ3n) is 4.77. The number of aryl methyl sites for hydroxylation is 1. The molecule has 0 saturated heterocycles. The Morgan fingerprint density at radius 1 is 1.08 bits per heavy atom. The lowest BCUT2D eigenvalue weighted by Gasteiger charge is -2.15. The Kier molecular flexibility index (Phi) is 3.92. The molecule has 3 heterocycles. The van der Waals surface area contributed by atoms with E-state index in [1.165, 1.54) is 0 Å². The summed E-state index contributed by atoms with van der Waals surface area (Å²) in [7, 11) is 3.40. The molecule has 0 spiro atoms. The number of carbonyl (C=O) groups is 1. The second kappa shape index (κ2) is 6.26. The van der Waals surface area contributed by atoms with Crippen molar-refractivity contribution in [1.82, 2.24) is 14.9 Å². The van der Waals surface area contributed by atoms with Crippen LogP contribution in [0.4, 0.5) is 0 Å². The number of nitrogens with zero attached hydrogens (tertiary/aromatic N) is 3. The minimum absolute atomic E-state index is 0.0852. The van der Waals surface area contributed by atoms with Crippen molar-refractivity contribution < 1.29 is 9.53 Å². The van der Waals surface area contributed by atoms with E-state index in [-0.39, 0.29) is 5.91 Å². The zero-order valence-electron chi connectivity index (χ0n) is 15.0. The predicted octanol–water partition coefficient (Wildman–Crippen LogP) is 3.71. The standard InChI is InChI=1S/C21H19N3O2/c1-13-17(5-4-8-22-13)14-6-7-15-12-24(2)21(25)20-19(18(15)9-14)10-16(26-3)11-23-20/h4-11H,12H2,1-3H3. The molecule has 5 nitrogen and oxygen atoms in total. The molecule has 0 aliphatic carbocycles. The van der Waals surface area contributed by atoms with Crippen molar-refractivity contribution in [3.63, 3.8) is 0 Å². The quantitative estimate of drug-likeness (QED) is 0.710. The van der Waals surface area contributed by atoms with E-state index in [1.807, 2.05) is 19.1 Å². The largest absolute Gasteiger partial charge is 0.495 e. The molecule has 0 fully saturated rings. The number of fused-ring (bicyclic) bond motifs is 3. The molecule has 4 rings (SSSR count). The Morgan fingerprint density at radius 3 is 2.69 bits per heavy atom. The van der Waals surface area contributed by atoms with Crippen LogP contribution in [0.2, 0.25) is 0 Å². The van der Waals surface area contributed by atoms with Gasteiger partial charge in [0.1, 0.15) is 11.4 Å². The molecule has 1 amide bonds. The SMILES string of the molecule is COc1cnc2c(c1)-c1cc(-c3cccnc3C)ccc1CN(C)C2=O. The van der Waals surface area contributed by atoms with Crippen LogP contribution in [0.3, 0.4) is 0 Å². The van der Waals surface area contributed by atoms with E-state index >= 15 is 0 Å². The van der Waals surface area contributed by atoms with Crippen LogP contribution in [-0.4, -0.2) is 34.9 Å². The van der Waals surface area contributed by atoms with Gasteiger partial charge in [-0.15, -0.1) is 0 Å². The van der Waals surface area contributed by atoms with Gasteiger partial charge in [0.15, 0.2) is 0 Å². The van der Waals surface area contributed by atoms with Gasteiger partial charge in [0, 0.05) is 36.6 Å². The first-order chi connectivity index (χ1) is 12.6. The number of methoxy groups -OCH3 is 1. The topological polar surface area (TPSA) is 55.3 Å². The Morgan fingerprint density at radius 2 is 1.92 bits per heavy atom. The van der Waals surface area contributed by atoms with Gasteiger partial charge in [-0.3, -0.25) is 9.78 Å². The summed E-state index contributed by atoms with van der Waals surface area (Å²) in [6, 6.07) is 12.2. The van der Waals surface area contributed by atoms with Crippen molar-refractivity contribution in [1.29, 1.82) is 0 Å². The van der Waals surface area contributed by atoms with Gasteiger partial charge in [-0.1, -0.05) is 18.2 Å². The second-order valence-electron chi connectivity index (χ2n) is 6.44. The van der Waals surface area contributed by atoms with E-state index in [0.717, 1.165) is 33.5 Å². The van der Waals surface area contributed by atoms with Crippen LogP contribution in [0, 0.1) is 6.92 Å². The van der Waals surface area contributed by atoms with Crippen molar-refractivity contribution in [3.8, 4) is 28.0 Å². The molecule has 0 radical (unpaired) electrons. The van der Waals surface area contributed by atoms with Crippen LogP contribution < -0.4 is 4.74 Å². The summed E-state index contributed by atoms with van der Waals surface area (Å²) in [5.74, 6) is 0.549. The van der Waals surface area contributed by atoms with Crippen LogP contribution in [0.25, 0.3) is 22.3 Å². The van der Waals surface area contributed by atoms with Crippen molar-refractivity contribution in [2.75, 3.05) is 14.2 Å². The average Bonchev–Trinajstić information content (AvgIpc) is 2.77. The van der Waals surface area contributed by atoms with Crippen LogP contribution in [0.5, 0.6) is 5.75 Å². The van der Waals surface area contributed by atoms with Gasteiger partial charge in [0.05, 0.1) is 13.3 Å². The molecule has 5 heteroatoms. The van der Waals surface area contributed by atoms with E-state index in [1.54, 1.807) is 31.5 Å². The van der Waals surface area contributed by atoms with E-state index in [2.05, 4.69) is 34.2 Å². The van der Waals surface area contributed by atoms with E-state index in [4.69, 9.17) is 4.74 Å². The molecule has 26 heavy (non-hydrogen) atoms. The lowest BCUT2D eigenvalue weighted by atomic mass is 9.94. The number of aromatic nitrogens is 2. The first-order valence-corrected chi connectivity index (χ1v) is 8.43. The summed E-state index contributed by atoms with van der Waals surface area (Å²) >= 11 is 0. The fourth-order valence-corrected chi connectivity index (χ4v) is 3.36. The van der Waals surface area contributed by atoms with Crippen molar-refractivity contribution in [2.24, 2.45) is 0 Å². The van der Waals surface area contributed by atoms with Crippen LogP contribution >= 0.6 is 0 Å². The number of hydrogen-bond acceptors (Lipinski definition) is 4. The van der Waals surface area contributed by atoms with Gasteiger partial charge in [-0.05, 0) is 41.8 Å². The highest BCUT2D eigenvalue weighted by atomic mass is 16.5. The molecule has 1 aliphatic rings. The van der Waals surface area contributed by atoms with Crippen molar-refractivity contribution >= 4 is 5.91 Å². The summed E-state index contributed by atoms with van der Waals surface area (Å²) in [5, 5.41) is 0. The molecule has 0 atom stereocenters. The maximum Gasteiger partial charge on any atom is 0.273 e. The maximum atomic E-state index is 12.7. The molecule has 3 aromatic rings. The molecular formula is C21H19N3O2. The van der Waals surface area contributed by atoms with Crippen LogP contribution in [0.15, 0.2) is 48.8 Å².